The number of nitrogens with zero attached hydrogens (tertiary/aromatic N) is 2. The number of carbonyl (C=O) groups excluding carboxylic acids is 1. The molecule has 0 aromatic carbocycles. The van der Waals surface area contributed by atoms with Crippen LogP contribution in [0.2, 0.25) is 0 Å². The topological polar surface area (TPSA) is 84.7 Å². The van der Waals surface area contributed by atoms with Gasteiger partial charge in [-0.2, -0.15) is 0 Å². The molecule has 1 aliphatic heterocycles. The number of carbonyl (C=O) groups is 1. The minimum atomic E-state index is -0.890. The molecule has 1 fully saturated rings. The third kappa shape index (κ3) is 4.44. The molecule has 1 saturated heterocycles. The molecule has 1 heterocycles. The van der Waals surface area contributed by atoms with E-state index < -0.39 is 16.6 Å². The summed E-state index contributed by atoms with van der Waals surface area (Å²) in [6, 6.07) is 0. The summed E-state index contributed by atoms with van der Waals surface area (Å²) >= 11 is 0. The Kier molecular flexibility index (Phi) is 6.37. The molecule has 0 aromatic rings. The number of nitro groups is 1. The average Bonchev–Trinajstić information content (AvgIpc) is 2.77. The van der Waals surface area contributed by atoms with E-state index in [1.165, 1.54) is 0 Å². The summed E-state index contributed by atoms with van der Waals surface area (Å²) < 4.78 is 4.99. The predicted molar refractivity (Wildman–Crippen MR) is 78.8 cm³/mol. The lowest BCUT2D eigenvalue weighted by Crippen LogP contribution is -2.29. The van der Waals surface area contributed by atoms with Crippen molar-refractivity contribution in [1.82, 2.24) is 10.2 Å². The lowest BCUT2D eigenvalue weighted by atomic mass is 10.4. The van der Waals surface area contributed by atoms with Gasteiger partial charge in [-0.25, -0.2) is 4.79 Å². The van der Waals surface area contributed by atoms with Crippen molar-refractivity contribution in [2.24, 2.45) is 0 Å². The zero-order chi connectivity index (χ0) is 15.1. The molecule has 1 aliphatic rings. The molecule has 0 aliphatic carbocycles. The summed E-state index contributed by atoms with van der Waals surface area (Å²) in [7, 11) is 0.130. The number of hydrogen-bond donors (Lipinski definition) is 1. The van der Waals surface area contributed by atoms with E-state index in [-0.39, 0.29) is 23.3 Å². The van der Waals surface area contributed by atoms with Crippen molar-refractivity contribution >= 4 is 16.9 Å². The first-order valence-electron chi connectivity index (χ1n) is 6.17. The van der Waals surface area contributed by atoms with Gasteiger partial charge in [0.1, 0.15) is 12.4 Å². The molecule has 0 spiro atoms. The van der Waals surface area contributed by atoms with Gasteiger partial charge in [0.2, 0.25) is 0 Å². The first kappa shape index (κ1) is 16.4. The SMILES string of the molecule is C=CCN1CCNC1=C(C(=O)OCC[S+](C)C)[N+](=O)[O-]. The Hall–Kier alpha value is -1.70. The highest BCUT2D eigenvalue weighted by molar-refractivity contribution is 7.95. The number of hydrogen-bond acceptors (Lipinski definition) is 6. The third-order valence-corrected chi connectivity index (χ3v) is 3.65. The van der Waals surface area contributed by atoms with Crippen LogP contribution in [0.4, 0.5) is 0 Å². The van der Waals surface area contributed by atoms with E-state index in [1.54, 1.807) is 11.0 Å². The van der Waals surface area contributed by atoms with Gasteiger partial charge in [0.05, 0.1) is 17.4 Å². The van der Waals surface area contributed by atoms with Crippen molar-refractivity contribution in [3.8, 4) is 0 Å². The van der Waals surface area contributed by atoms with Crippen LogP contribution < -0.4 is 5.32 Å². The number of ether oxygens (including phenoxy) is 1. The normalized spacial score (nSPS) is 16.9. The average molecular weight is 302 g/mol. The van der Waals surface area contributed by atoms with Crippen molar-refractivity contribution in [2.45, 2.75) is 0 Å². The summed E-state index contributed by atoms with van der Waals surface area (Å²) in [6.07, 6.45) is 5.67. The summed E-state index contributed by atoms with van der Waals surface area (Å²) in [6.45, 7) is 5.39. The highest BCUT2D eigenvalue weighted by Crippen LogP contribution is 2.14. The van der Waals surface area contributed by atoms with Crippen molar-refractivity contribution in [3.63, 3.8) is 0 Å². The van der Waals surface area contributed by atoms with E-state index in [0.717, 1.165) is 0 Å². The van der Waals surface area contributed by atoms with Gasteiger partial charge in [-0.05, 0) is 10.9 Å². The van der Waals surface area contributed by atoms with Crippen LogP contribution in [-0.2, 0) is 20.4 Å². The van der Waals surface area contributed by atoms with Crippen LogP contribution in [0, 0.1) is 10.1 Å². The molecule has 8 heteroatoms. The second-order valence-corrected chi connectivity index (χ2v) is 6.82. The van der Waals surface area contributed by atoms with Crippen LogP contribution >= 0.6 is 0 Å². The maximum atomic E-state index is 11.9. The molecule has 0 aromatic heterocycles. The van der Waals surface area contributed by atoms with Gasteiger partial charge < -0.3 is 15.0 Å². The molecule has 0 atom stereocenters. The Labute approximate surface area is 121 Å². The van der Waals surface area contributed by atoms with Gasteiger partial charge >= 0.3 is 11.7 Å². The molecule has 0 radical (unpaired) electrons. The molecule has 0 amide bonds. The van der Waals surface area contributed by atoms with E-state index in [0.29, 0.717) is 25.4 Å². The molecule has 1 N–H and O–H groups in total. The smallest absolute Gasteiger partial charge is 0.414 e. The van der Waals surface area contributed by atoms with Gasteiger partial charge in [-0.1, -0.05) is 6.08 Å². The zero-order valence-corrected chi connectivity index (χ0v) is 12.6. The van der Waals surface area contributed by atoms with E-state index in [9.17, 15) is 14.9 Å². The predicted octanol–water partition coefficient (Wildman–Crippen LogP) is -0.0555. The van der Waals surface area contributed by atoms with Crippen LogP contribution in [0.5, 0.6) is 0 Å². The molecule has 7 nitrogen and oxygen atoms in total. The van der Waals surface area contributed by atoms with E-state index in [2.05, 4.69) is 11.9 Å². The Morgan fingerprint density at radius 1 is 1.65 bits per heavy atom. The first-order chi connectivity index (χ1) is 9.47. The third-order valence-electron chi connectivity index (χ3n) is 2.66. The Bertz CT molecular complexity index is 423. The largest absolute Gasteiger partial charge is 0.452 e. The van der Waals surface area contributed by atoms with E-state index in [1.807, 2.05) is 12.5 Å². The summed E-state index contributed by atoms with van der Waals surface area (Å²) in [5.41, 5.74) is -0.531. The van der Waals surface area contributed by atoms with Gasteiger partial charge in [0.15, 0.2) is 5.82 Å². The Balaban J connectivity index is 2.84. The van der Waals surface area contributed by atoms with Crippen molar-refractivity contribution in [1.29, 1.82) is 0 Å². The molecule has 0 bridgehead atoms. The molecule has 0 unspecified atom stereocenters. The fourth-order valence-corrected chi connectivity index (χ4v) is 2.15. The number of nitrogens with one attached hydrogen (secondary N) is 1. The lowest BCUT2D eigenvalue weighted by molar-refractivity contribution is -0.423. The second-order valence-electron chi connectivity index (χ2n) is 4.44. The van der Waals surface area contributed by atoms with Crippen LogP contribution in [-0.4, -0.2) is 60.3 Å². The van der Waals surface area contributed by atoms with Crippen LogP contribution in [0.25, 0.3) is 0 Å². The molecule has 112 valence electrons. The molecule has 1 rings (SSSR count). The van der Waals surface area contributed by atoms with Crippen LogP contribution in [0.1, 0.15) is 0 Å². The molecular formula is C12H20N3O4S+. The van der Waals surface area contributed by atoms with Crippen LogP contribution in [0.15, 0.2) is 24.2 Å². The molecule has 20 heavy (non-hydrogen) atoms. The van der Waals surface area contributed by atoms with Gasteiger partial charge in [0, 0.05) is 19.6 Å². The number of esters is 1. The molecular weight excluding hydrogens is 282 g/mol. The van der Waals surface area contributed by atoms with Crippen LogP contribution in [0.3, 0.4) is 0 Å². The van der Waals surface area contributed by atoms with Gasteiger partial charge in [-0.15, -0.1) is 6.58 Å². The zero-order valence-electron chi connectivity index (χ0n) is 11.8. The monoisotopic (exact) mass is 302 g/mol. The maximum absolute atomic E-state index is 11.9. The van der Waals surface area contributed by atoms with Crippen molar-refractivity contribution in [2.75, 3.05) is 44.5 Å². The fourth-order valence-electron chi connectivity index (χ4n) is 1.73. The Morgan fingerprint density at radius 2 is 2.35 bits per heavy atom. The minimum absolute atomic E-state index is 0.130. The summed E-state index contributed by atoms with van der Waals surface area (Å²) in [5.74, 6) is 0.0291. The number of rotatable bonds is 7. The quantitative estimate of drug-likeness (QED) is 0.177. The highest BCUT2D eigenvalue weighted by Gasteiger charge is 2.34. The van der Waals surface area contributed by atoms with Gasteiger partial charge in [-0.3, -0.25) is 10.1 Å². The van der Waals surface area contributed by atoms with Crippen molar-refractivity contribution in [3.05, 3.63) is 34.3 Å². The van der Waals surface area contributed by atoms with E-state index >= 15 is 0 Å². The van der Waals surface area contributed by atoms with Crippen molar-refractivity contribution < 1.29 is 14.5 Å². The standard InChI is InChI=1S/C12H19N3O4S/c1-4-6-14-7-5-13-11(14)10(15(17)18)12(16)19-8-9-20(2)3/h4H,1,5-9H2,2-3H3/p+1. The second kappa shape index (κ2) is 7.78. The molecule has 0 saturated carbocycles. The first-order valence-corrected chi connectivity index (χ1v) is 8.38. The maximum Gasteiger partial charge on any atom is 0.414 e. The Morgan fingerprint density at radius 3 is 2.90 bits per heavy atom. The van der Waals surface area contributed by atoms with Gasteiger partial charge in [0.25, 0.3) is 0 Å². The summed E-state index contributed by atoms with van der Waals surface area (Å²) in [5, 5.41) is 14.0. The fraction of sp³-hybridized carbons (Fsp3) is 0.583. The minimum Gasteiger partial charge on any atom is -0.452 e. The highest BCUT2D eigenvalue weighted by atomic mass is 32.2. The lowest BCUT2D eigenvalue weighted by Gasteiger charge is -2.15. The van der Waals surface area contributed by atoms with E-state index in [4.69, 9.17) is 4.74 Å². The summed E-state index contributed by atoms with van der Waals surface area (Å²) in [4.78, 5) is 24.0.